The number of aromatic nitrogens is 4. The van der Waals surface area contributed by atoms with Gasteiger partial charge in [0.1, 0.15) is 6.10 Å². The predicted octanol–water partition coefficient (Wildman–Crippen LogP) is 4.37. The van der Waals surface area contributed by atoms with Crippen molar-refractivity contribution in [1.82, 2.24) is 19.2 Å². The molecule has 0 fully saturated rings. The Morgan fingerprint density at radius 1 is 1.15 bits per heavy atom. The maximum absolute atomic E-state index is 11.0. The Balaban J connectivity index is 1.79. The van der Waals surface area contributed by atoms with Gasteiger partial charge in [-0.2, -0.15) is 5.10 Å². The van der Waals surface area contributed by atoms with E-state index in [4.69, 9.17) is 11.6 Å². The number of thioether (sulfide) groups is 1. The minimum atomic E-state index is -0.957. The summed E-state index contributed by atoms with van der Waals surface area (Å²) in [6.07, 6.45) is 2.66. The van der Waals surface area contributed by atoms with Crippen LogP contribution in [-0.2, 0) is 0 Å². The van der Waals surface area contributed by atoms with Crippen molar-refractivity contribution >= 4 is 28.9 Å². The zero-order valence-electron chi connectivity index (χ0n) is 14.1. The number of halogens is 1. The molecule has 4 rings (SSSR count). The largest absolute Gasteiger partial charge is 0.380 e. The number of para-hydroxylation sites is 1. The van der Waals surface area contributed by atoms with Crippen LogP contribution in [0.1, 0.15) is 24.4 Å². The van der Waals surface area contributed by atoms with Crippen molar-refractivity contribution in [2.75, 3.05) is 5.75 Å². The Bertz CT molecular complexity index is 1040. The third-order valence-corrected chi connectivity index (χ3v) is 5.24. The van der Waals surface area contributed by atoms with Crippen LogP contribution >= 0.6 is 23.4 Å². The fraction of sp³-hybridized carbons (Fsp3) is 0.158. The molecule has 3 aromatic heterocycles. The third kappa shape index (κ3) is 3.00. The summed E-state index contributed by atoms with van der Waals surface area (Å²) >= 11 is 8.05. The van der Waals surface area contributed by atoms with E-state index in [2.05, 4.69) is 17.0 Å². The first-order valence-corrected chi connectivity index (χ1v) is 9.63. The van der Waals surface area contributed by atoms with Crippen LogP contribution in [0.2, 0.25) is 5.02 Å². The monoisotopic (exact) mass is 384 g/mol. The first-order valence-electron chi connectivity index (χ1n) is 8.26. The van der Waals surface area contributed by atoms with E-state index < -0.39 is 6.10 Å². The summed E-state index contributed by atoms with van der Waals surface area (Å²) in [5.41, 5.74) is 2.93. The summed E-state index contributed by atoms with van der Waals surface area (Å²) in [7, 11) is 0. The van der Waals surface area contributed by atoms with Crippen molar-refractivity contribution in [2.45, 2.75) is 18.2 Å². The molecule has 0 aliphatic rings. The molecule has 0 saturated heterocycles. The van der Waals surface area contributed by atoms with Crippen LogP contribution in [0.15, 0.2) is 66.1 Å². The number of aliphatic hydroxyl groups excluding tert-OH is 1. The molecule has 1 aromatic carbocycles. The maximum atomic E-state index is 11.0. The molecule has 0 bridgehead atoms. The summed E-state index contributed by atoms with van der Waals surface area (Å²) in [4.78, 5) is 4.45. The summed E-state index contributed by atoms with van der Waals surface area (Å²) in [5, 5.41) is 16.8. The second kappa shape index (κ2) is 7.15. The first-order chi connectivity index (χ1) is 12.7. The van der Waals surface area contributed by atoms with Crippen molar-refractivity contribution in [3.8, 4) is 5.69 Å². The SMILES string of the molecule is CCSc1ncc2ccc(Cl)c([C@@H](O)c3ccn(-c4ccccc4)n3)n12. The van der Waals surface area contributed by atoms with E-state index in [1.807, 2.05) is 47.0 Å². The molecule has 5 nitrogen and oxygen atoms in total. The zero-order valence-corrected chi connectivity index (χ0v) is 15.7. The zero-order chi connectivity index (χ0) is 18.1. The van der Waals surface area contributed by atoms with E-state index >= 15 is 0 Å². The fourth-order valence-electron chi connectivity index (χ4n) is 2.89. The number of imidazole rings is 1. The Morgan fingerprint density at radius 2 is 1.96 bits per heavy atom. The molecule has 4 aromatic rings. The average molecular weight is 385 g/mol. The van der Waals surface area contributed by atoms with Crippen molar-refractivity contribution in [2.24, 2.45) is 0 Å². The predicted molar refractivity (Wildman–Crippen MR) is 104 cm³/mol. The molecule has 1 atom stereocenters. The third-order valence-electron chi connectivity index (χ3n) is 4.09. The van der Waals surface area contributed by atoms with Gasteiger partial charge in [-0.05, 0) is 36.1 Å². The summed E-state index contributed by atoms with van der Waals surface area (Å²) < 4.78 is 3.64. The molecule has 0 unspecified atom stereocenters. The number of pyridine rings is 1. The van der Waals surface area contributed by atoms with Gasteiger partial charge in [-0.15, -0.1) is 0 Å². The topological polar surface area (TPSA) is 55.4 Å². The van der Waals surface area contributed by atoms with Crippen molar-refractivity contribution in [3.05, 3.63) is 77.3 Å². The standard InChI is InChI=1S/C19H17ClN4OS/c1-2-26-19-21-12-14-8-9-15(20)17(24(14)19)18(25)16-10-11-23(22-16)13-6-4-3-5-7-13/h3-12,18,25H,2H2,1H3/t18-/m0/s1. The average Bonchev–Trinajstić information content (AvgIpc) is 3.30. The highest BCUT2D eigenvalue weighted by Crippen LogP contribution is 2.32. The van der Waals surface area contributed by atoms with Crippen molar-refractivity contribution < 1.29 is 5.11 Å². The number of benzene rings is 1. The molecule has 0 aliphatic carbocycles. The maximum Gasteiger partial charge on any atom is 0.172 e. The number of nitrogens with zero attached hydrogens (tertiary/aromatic N) is 4. The second-order valence-corrected chi connectivity index (χ2v) is 7.36. The van der Waals surface area contributed by atoms with Crippen LogP contribution in [0.4, 0.5) is 0 Å². The summed E-state index contributed by atoms with van der Waals surface area (Å²) in [5.74, 6) is 0.879. The van der Waals surface area contributed by atoms with E-state index in [1.165, 1.54) is 0 Å². The van der Waals surface area contributed by atoms with Crippen LogP contribution in [0, 0.1) is 0 Å². The Hall–Kier alpha value is -2.28. The van der Waals surface area contributed by atoms with Crippen LogP contribution in [0.25, 0.3) is 11.2 Å². The van der Waals surface area contributed by atoms with Crippen molar-refractivity contribution in [1.29, 1.82) is 0 Å². The highest BCUT2D eigenvalue weighted by molar-refractivity contribution is 7.99. The van der Waals surface area contributed by atoms with Gasteiger partial charge in [0, 0.05) is 6.20 Å². The van der Waals surface area contributed by atoms with Crippen LogP contribution < -0.4 is 0 Å². The molecule has 0 spiro atoms. The van der Waals surface area contributed by atoms with E-state index in [9.17, 15) is 5.11 Å². The van der Waals surface area contributed by atoms with E-state index in [1.54, 1.807) is 34.8 Å². The molecule has 0 radical (unpaired) electrons. The number of aliphatic hydroxyl groups is 1. The second-order valence-electron chi connectivity index (χ2n) is 5.72. The summed E-state index contributed by atoms with van der Waals surface area (Å²) in [6, 6.07) is 15.3. The molecule has 132 valence electrons. The number of hydrogen-bond donors (Lipinski definition) is 1. The molecule has 3 heterocycles. The van der Waals surface area contributed by atoms with Gasteiger partial charge >= 0.3 is 0 Å². The molecule has 1 N–H and O–H groups in total. The highest BCUT2D eigenvalue weighted by atomic mass is 35.5. The quantitative estimate of drug-likeness (QED) is 0.519. The number of hydrogen-bond acceptors (Lipinski definition) is 4. The molecule has 0 saturated carbocycles. The van der Waals surface area contributed by atoms with E-state index in [0.717, 1.165) is 22.1 Å². The van der Waals surface area contributed by atoms with Crippen LogP contribution in [0.5, 0.6) is 0 Å². The minimum Gasteiger partial charge on any atom is -0.380 e. The molecule has 0 amide bonds. The van der Waals surface area contributed by atoms with Gasteiger partial charge in [-0.25, -0.2) is 9.67 Å². The molecular formula is C19H17ClN4OS. The van der Waals surface area contributed by atoms with E-state index in [0.29, 0.717) is 16.4 Å². The van der Waals surface area contributed by atoms with Gasteiger partial charge in [-0.1, -0.05) is 48.5 Å². The molecular weight excluding hydrogens is 368 g/mol. The Kier molecular flexibility index (Phi) is 4.72. The number of rotatable bonds is 5. The van der Waals surface area contributed by atoms with Gasteiger partial charge < -0.3 is 5.11 Å². The van der Waals surface area contributed by atoms with Gasteiger partial charge in [0.25, 0.3) is 0 Å². The molecule has 26 heavy (non-hydrogen) atoms. The lowest BCUT2D eigenvalue weighted by molar-refractivity contribution is 0.207. The number of fused-ring (bicyclic) bond motifs is 1. The lowest BCUT2D eigenvalue weighted by Gasteiger charge is -2.15. The van der Waals surface area contributed by atoms with Gasteiger partial charge in [-0.3, -0.25) is 4.40 Å². The van der Waals surface area contributed by atoms with Gasteiger partial charge in [0.15, 0.2) is 5.16 Å². The van der Waals surface area contributed by atoms with Gasteiger partial charge in [0.2, 0.25) is 0 Å². The lowest BCUT2D eigenvalue weighted by atomic mass is 10.1. The van der Waals surface area contributed by atoms with Gasteiger partial charge in [0.05, 0.1) is 33.8 Å². The smallest absolute Gasteiger partial charge is 0.172 e. The fourth-order valence-corrected chi connectivity index (χ4v) is 3.86. The van der Waals surface area contributed by atoms with E-state index in [-0.39, 0.29) is 0 Å². The lowest BCUT2D eigenvalue weighted by Crippen LogP contribution is -2.09. The highest BCUT2D eigenvalue weighted by Gasteiger charge is 2.22. The normalized spacial score (nSPS) is 12.6. The molecule has 0 aliphatic heterocycles. The van der Waals surface area contributed by atoms with Crippen LogP contribution in [0.3, 0.4) is 0 Å². The molecule has 7 heteroatoms. The Labute approximate surface area is 160 Å². The Morgan fingerprint density at radius 3 is 2.73 bits per heavy atom. The first kappa shape index (κ1) is 17.1. The summed E-state index contributed by atoms with van der Waals surface area (Å²) in [6.45, 7) is 2.06. The van der Waals surface area contributed by atoms with Crippen LogP contribution in [-0.4, -0.2) is 30.0 Å². The van der Waals surface area contributed by atoms with Crippen molar-refractivity contribution in [3.63, 3.8) is 0 Å². The minimum absolute atomic E-state index is 0.482.